The lowest BCUT2D eigenvalue weighted by Crippen LogP contribution is -2.50. The summed E-state index contributed by atoms with van der Waals surface area (Å²) >= 11 is 6.64. The number of piperazine rings is 1. The van der Waals surface area contributed by atoms with Gasteiger partial charge in [-0.05, 0) is 23.3 Å². The molecule has 1 saturated heterocycles. The highest BCUT2D eigenvalue weighted by Crippen LogP contribution is 2.36. The molecule has 4 rings (SSSR count). The molecule has 0 radical (unpaired) electrons. The number of rotatable bonds is 6. The minimum absolute atomic E-state index is 0.0189. The van der Waals surface area contributed by atoms with E-state index in [1.807, 2.05) is 97.6 Å². The second kappa shape index (κ2) is 10.7. The summed E-state index contributed by atoms with van der Waals surface area (Å²) in [5.74, 6) is -0.417. The molecule has 1 heterocycles. The zero-order valence-corrected chi connectivity index (χ0v) is 20.3. The molecule has 6 heteroatoms. The molecular weight excluding hydrogens is 446 g/mol. The van der Waals surface area contributed by atoms with Gasteiger partial charge in [0.05, 0.1) is 22.3 Å². The Hall–Kier alpha value is -3.31. The predicted molar refractivity (Wildman–Crippen MR) is 138 cm³/mol. The van der Waals surface area contributed by atoms with Gasteiger partial charge in [-0.15, -0.1) is 0 Å². The second-order valence-corrected chi connectivity index (χ2v) is 9.25. The fraction of sp³-hybridized carbons (Fsp3) is 0.286. The summed E-state index contributed by atoms with van der Waals surface area (Å²) in [4.78, 5) is 30.1. The molecule has 0 bridgehead atoms. The summed E-state index contributed by atoms with van der Waals surface area (Å²) in [6.45, 7) is 6.43. The molecule has 2 amide bonds. The van der Waals surface area contributed by atoms with Crippen LogP contribution in [0.5, 0.6) is 0 Å². The van der Waals surface area contributed by atoms with Crippen molar-refractivity contribution >= 4 is 34.8 Å². The third-order valence-electron chi connectivity index (χ3n) is 6.17. The van der Waals surface area contributed by atoms with E-state index in [0.717, 1.165) is 16.8 Å². The first-order valence-corrected chi connectivity index (χ1v) is 12.1. The third-order valence-corrected chi connectivity index (χ3v) is 6.48. The van der Waals surface area contributed by atoms with Crippen molar-refractivity contribution in [1.82, 2.24) is 4.90 Å². The second-order valence-electron chi connectivity index (χ2n) is 8.85. The fourth-order valence-corrected chi connectivity index (χ4v) is 4.74. The van der Waals surface area contributed by atoms with E-state index < -0.39 is 5.92 Å². The summed E-state index contributed by atoms with van der Waals surface area (Å²) in [7, 11) is 0. The lowest BCUT2D eigenvalue weighted by atomic mass is 9.90. The van der Waals surface area contributed by atoms with Crippen LogP contribution in [0.25, 0.3) is 0 Å². The molecule has 5 nitrogen and oxygen atoms in total. The minimum Gasteiger partial charge on any atom is -0.365 e. The van der Waals surface area contributed by atoms with Crippen LogP contribution in [-0.4, -0.2) is 42.9 Å². The lowest BCUT2D eigenvalue weighted by Gasteiger charge is -2.38. The van der Waals surface area contributed by atoms with E-state index in [4.69, 9.17) is 11.6 Å². The number of nitrogens with one attached hydrogen (secondary N) is 1. The molecule has 0 spiro atoms. The van der Waals surface area contributed by atoms with E-state index in [1.54, 1.807) is 0 Å². The van der Waals surface area contributed by atoms with Crippen LogP contribution in [0.4, 0.5) is 11.4 Å². The Morgan fingerprint density at radius 1 is 0.794 bits per heavy atom. The maximum Gasteiger partial charge on any atom is 0.236 e. The first kappa shape index (κ1) is 23.8. The summed E-state index contributed by atoms with van der Waals surface area (Å²) in [6, 6.07) is 25.1. The van der Waals surface area contributed by atoms with Crippen LogP contribution in [0.2, 0.25) is 5.02 Å². The quantitative estimate of drug-likeness (QED) is 0.518. The molecule has 1 aliphatic heterocycles. The number of para-hydroxylation sites is 1. The van der Waals surface area contributed by atoms with Gasteiger partial charge in [0, 0.05) is 32.1 Å². The summed E-state index contributed by atoms with van der Waals surface area (Å²) in [5.41, 5.74) is 3.33. The Morgan fingerprint density at radius 3 is 1.88 bits per heavy atom. The Morgan fingerprint density at radius 2 is 1.35 bits per heavy atom. The van der Waals surface area contributed by atoms with E-state index in [9.17, 15) is 9.59 Å². The van der Waals surface area contributed by atoms with Gasteiger partial charge < -0.3 is 15.1 Å². The number of halogens is 1. The van der Waals surface area contributed by atoms with E-state index in [2.05, 4.69) is 10.2 Å². The van der Waals surface area contributed by atoms with Crippen molar-refractivity contribution in [2.24, 2.45) is 5.92 Å². The third kappa shape index (κ3) is 5.26. The zero-order valence-electron chi connectivity index (χ0n) is 19.6. The molecule has 0 aromatic heterocycles. The molecule has 3 aromatic rings. The SMILES string of the molecule is CC(C)C(=O)N1CCN(c2c(Cl)cccc2NC(=O)C(c2ccccc2)c2ccccc2)CC1. The van der Waals surface area contributed by atoms with Gasteiger partial charge >= 0.3 is 0 Å². The van der Waals surface area contributed by atoms with Gasteiger partial charge in [-0.1, -0.05) is 92.2 Å². The van der Waals surface area contributed by atoms with Crippen molar-refractivity contribution in [2.75, 3.05) is 36.4 Å². The average Bonchev–Trinajstić information content (AvgIpc) is 2.85. The molecule has 0 saturated carbocycles. The normalized spacial score (nSPS) is 13.9. The number of hydrogen-bond donors (Lipinski definition) is 1. The van der Waals surface area contributed by atoms with Crippen molar-refractivity contribution in [3.63, 3.8) is 0 Å². The van der Waals surface area contributed by atoms with Crippen LogP contribution < -0.4 is 10.2 Å². The van der Waals surface area contributed by atoms with Gasteiger partial charge in [0.15, 0.2) is 0 Å². The molecule has 1 aliphatic rings. The van der Waals surface area contributed by atoms with Crippen molar-refractivity contribution < 1.29 is 9.59 Å². The topological polar surface area (TPSA) is 52.7 Å². The van der Waals surface area contributed by atoms with Crippen molar-refractivity contribution in [3.8, 4) is 0 Å². The standard InChI is InChI=1S/C28H30ClN3O2/c1-20(2)28(34)32-18-16-31(17-19-32)26-23(29)14-9-15-24(26)30-27(33)25(21-10-5-3-6-11-21)22-12-7-4-8-13-22/h3-15,20,25H,16-19H2,1-2H3,(H,30,33). The van der Waals surface area contributed by atoms with Crippen LogP contribution >= 0.6 is 11.6 Å². The monoisotopic (exact) mass is 475 g/mol. The molecular formula is C28H30ClN3O2. The van der Waals surface area contributed by atoms with Gasteiger partial charge in [-0.3, -0.25) is 9.59 Å². The van der Waals surface area contributed by atoms with Crippen molar-refractivity contribution in [3.05, 3.63) is 95.0 Å². The zero-order chi connectivity index (χ0) is 24.1. The Bertz CT molecular complexity index is 1090. The molecule has 0 unspecified atom stereocenters. The summed E-state index contributed by atoms with van der Waals surface area (Å²) in [6.07, 6.45) is 0. The smallest absolute Gasteiger partial charge is 0.236 e. The van der Waals surface area contributed by atoms with Gasteiger partial charge in [0.1, 0.15) is 0 Å². The average molecular weight is 476 g/mol. The highest BCUT2D eigenvalue weighted by atomic mass is 35.5. The molecule has 176 valence electrons. The molecule has 0 aliphatic carbocycles. The van der Waals surface area contributed by atoms with Gasteiger partial charge in [-0.2, -0.15) is 0 Å². The number of benzene rings is 3. The Balaban J connectivity index is 1.59. The number of amides is 2. The number of carbonyl (C=O) groups is 2. The van der Waals surface area contributed by atoms with E-state index in [-0.39, 0.29) is 17.7 Å². The van der Waals surface area contributed by atoms with E-state index >= 15 is 0 Å². The molecule has 3 aromatic carbocycles. The maximum atomic E-state index is 13.7. The lowest BCUT2D eigenvalue weighted by molar-refractivity contribution is -0.134. The minimum atomic E-state index is -0.449. The molecule has 1 fully saturated rings. The first-order valence-electron chi connectivity index (χ1n) is 11.7. The Kier molecular flexibility index (Phi) is 7.53. The highest BCUT2D eigenvalue weighted by Gasteiger charge is 2.27. The highest BCUT2D eigenvalue weighted by molar-refractivity contribution is 6.34. The largest absolute Gasteiger partial charge is 0.365 e. The van der Waals surface area contributed by atoms with E-state index in [1.165, 1.54) is 0 Å². The molecule has 0 atom stereocenters. The summed E-state index contributed by atoms with van der Waals surface area (Å²) < 4.78 is 0. The van der Waals surface area contributed by atoms with Crippen molar-refractivity contribution in [1.29, 1.82) is 0 Å². The molecule has 1 N–H and O–H groups in total. The number of carbonyl (C=O) groups excluding carboxylic acids is 2. The molecule has 34 heavy (non-hydrogen) atoms. The van der Waals surface area contributed by atoms with Crippen molar-refractivity contribution in [2.45, 2.75) is 19.8 Å². The van der Waals surface area contributed by atoms with Crippen LogP contribution in [0, 0.1) is 5.92 Å². The van der Waals surface area contributed by atoms with Crippen LogP contribution in [0.1, 0.15) is 30.9 Å². The number of anilines is 2. The predicted octanol–water partition coefficient (Wildman–Crippen LogP) is 5.42. The van der Waals surface area contributed by atoms with Crippen LogP contribution in [-0.2, 0) is 9.59 Å². The Labute approximate surface area is 206 Å². The van der Waals surface area contributed by atoms with E-state index in [0.29, 0.717) is 36.9 Å². The fourth-order valence-electron chi connectivity index (χ4n) is 4.44. The summed E-state index contributed by atoms with van der Waals surface area (Å²) in [5, 5.41) is 3.73. The maximum absolute atomic E-state index is 13.7. The van der Waals surface area contributed by atoms with Crippen LogP contribution in [0.15, 0.2) is 78.9 Å². The van der Waals surface area contributed by atoms with Gasteiger partial charge in [0.2, 0.25) is 11.8 Å². The number of nitrogens with zero attached hydrogens (tertiary/aromatic N) is 2. The van der Waals surface area contributed by atoms with Gasteiger partial charge in [0.25, 0.3) is 0 Å². The van der Waals surface area contributed by atoms with Gasteiger partial charge in [-0.25, -0.2) is 0 Å². The number of hydrogen-bond acceptors (Lipinski definition) is 3. The van der Waals surface area contributed by atoms with Crippen LogP contribution in [0.3, 0.4) is 0 Å². The first-order chi connectivity index (χ1) is 16.5.